The maximum atomic E-state index is 11.9. The zero-order chi connectivity index (χ0) is 21.9. The normalized spacial score (nSPS) is 16.6. The lowest BCUT2D eigenvalue weighted by Crippen LogP contribution is -2.42. The number of thiocarbonyl (C=S) groups is 1. The van der Waals surface area contributed by atoms with Gasteiger partial charge in [0, 0.05) is 17.7 Å². The second-order valence-corrected chi connectivity index (χ2v) is 8.35. The summed E-state index contributed by atoms with van der Waals surface area (Å²) in [4.78, 5) is 11.9. The summed E-state index contributed by atoms with van der Waals surface area (Å²) in [5.74, 6) is 1.10. The first-order chi connectivity index (χ1) is 14.2. The van der Waals surface area contributed by atoms with Crippen LogP contribution in [0.25, 0.3) is 0 Å². The minimum atomic E-state index is -0.454. The van der Waals surface area contributed by atoms with Crippen molar-refractivity contribution in [1.29, 1.82) is 0 Å². The number of hydrogen-bond acceptors (Lipinski definition) is 5. The first-order valence-electron chi connectivity index (χ1n) is 9.63. The molecule has 1 heterocycles. The third-order valence-corrected chi connectivity index (χ3v) is 5.23. The predicted molar refractivity (Wildman–Crippen MR) is 122 cm³/mol. The first kappa shape index (κ1) is 22.2. The van der Waals surface area contributed by atoms with Crippen molar-refractivity contribution in [3.05, 3.63) is 52.5 Å². The average Bonchev–Trinajstić information content (AvgIpc) is 2.67. The minimum Gasteiger partial charge on any atom is -0.497 e. The minimum absolute atomic E-state index is 0.0619. The van der Waals surface area contributed by atoms with Gasteiger partial charge < -0.3 is 24.8 Å². The molecule has 160 valence electrons. The highest BCUT2D eigenvalue weighted by atomic mass is 35.5. The molecule has 0 amide bonds. The number of anilines is 1. The van der Waals surface area contributed by atoms with Crippen LogP contribution in [0.1, 0.15) is 49.2 Å². The van der Waals surface area contributed by atoms with Crippen LogP contribution >= 0.6 is 23.8 Å². The van der Waals surface area contributed by atoms with Crippen LogP contribution in [0.2, 0.25) is 5.02 Å². The number of benzene rings is 2. The van der Waals surface area contributed by atoms with Crippen LogP contribution < -0.4 is 20.1 Å². The molecule has 0 bridgehead atoms. The van der Waals surface area contributed by atoms with Gasteiger partial charge in [-0.2, -0.15) is 0 Å². The Kier molecular flexibility index (Phi) is 6.73. The fourth-order valence-corrected chi connectivity index (χ4v) is 3.90. The monoisotopic (exact) mass is 448 g/mol. The van der Waals surface area contributed by atoms with E-state index in [-0.39, 0.29) is 18.2 Å². The van der Waals surface area contributed by atoms with Crippen LogP contribution in [-0.2, 0) is 4.74 Å². The molecule has 0 saturated heterocycles. The number of fused-ring (bicyclic) bond motifs is 1. The number of methoxy groups -OCH3 is 1. The fraction of sp³-hybridized carbons (Fsp3) is 0.364. The Balaban J connectivity index is 1.75. The Labute approximate surface area is 186 Å². The van der Waals surface area contributed by atoms with E-state index < -0.39 is 5.97 Å². The molecule has 1 atom stereocenters. The Morgan fingerprint density at radius 1 is 1.30 bits per heavy atom. The summed E-state index contributed by atoms with van der Waals surface area (Å²) >= 11 is 11.8. The van der Waals surface area contributed by atoms with E-state index in [0.29, 0.717) is 21.4 Å². The van der Waals surface area contributed by atoms with Gasteiger partial charge in [-0.05, 0) is 69.4 Å². The predicted octanol–water partition coefficient (Wildman–Crippen LogP) is 5.11. The topological polar surface area (TPSA) is 68.8 Å². The van der Waals surface area contributed by atoms with Crippen molar-refractivity contribution in [3.8, 4) is 11.5 Å². The van der Waals surface area contributed by atoms with Gasteiger partial charge in [0.15, 0.2) is 5.11 Å². The van der Waals surface area contributed by atoms with Gasteiger partial charge in [0.05, 0.1) is 30.3 Å². The molecule has 30 heavy (non-hydrogen) atoms. The Morgan fingerprint density at radius 2 is 2.07 bits per heavy atom. The summed E-state index contributed by atoms with van der Waals surface area (Å²) in [6.07, 6.45) is 0.720. The standard InChI is InChI=1S/C22H25ClN2O4S/c1-5-28-20(26)15-8-6-13(10-17(15)23)24-21(30)25-18-12-22(2,3)29-19-9-7-14(27-4)11-16(18)19/h6-11,18H,5,12H2,1-4H3,(H2,24,25,30). The summed E-state index contributed by atoms with van der Waals surface area (Å²) in [7, 11) is 1.63. The number of carbonyl (C=O) groups is 1. The maximum absolute atomic E-state index is 11.9. The molecule has 0 spiro atoms. The lowest BCUT2D eigenvalue weighted by atomic mass is 9.89. The van der Waals surface area contributed by atoms with Gasteiger partial charge in [-0.1, -0.05) is 11.6 Å². The molecule has 3 rings (SSSR count). The molecular formula is C22H25ClN2O4S. The van der Waals surface area contributed by atoms with Gasteiger partial charge in [-0.3, -0.25) is 0 Å². The van der Waals surface area contributed by atoms with E-state index in [1.165, 1.54) is 0 Å². The van der Waals surface area contributed by atoms with Gasteiger partial charge in [0.2, 0.25) is 0 Å². The quantitative estimate of drug-likeness (QED) is 0.486. The van der Waals surface area contributed by atoms with Crippen molar-refractivity contribution >= 4 is 40.6 Å². The van der Waals surface area contributed by atoms with Crippen molar-refractivity contribution in [2.75, 3.05) is 19.0 Å². The largest absolute Gasteiger partial charge is 0.497 e. The van der Waals surface area contributed by atoms with Crippen LogP contribution in [0.4, 0.5) is 5.69 Å². The number of nitrogens with one attached hydrogen (secondary N) is 2. The highest BCUT2D eigenvalue weighted by Crippen LogP contribution is 2.41. The number of hydrogen-bond donors (Lipinski definition) is 2. The Bertz CT molecular complexity index is 964. The maximum Gasteiger partial charge on any atom is 0.339 e. The van der Waals surface area contributed by atoms with Crippen LogP contribution in [0.5, 0.6) is 11.5 Å². The SMILES string of the molecule is CCOC(=O)c1ccc(NC(=S)NC2CC(C)(C)Oc3ccc(OC)cc32)cc1Cl. The van der Waals surface area contributed by atoms with E-state index in [4.69, 9.17) is 38.0 Å². The van der Waals surface area contributed by atoms with Crippen LogP contribution in [-0.4, -0.2) is 30.4 Å². The van der Waals surface area contributed by atoms with Crippen LogP contribution in [0.15, 0.2) is 36.4 Å². The van der Waals surface area contributed by atoms with Crippen molar-refractivity contribution in [1.82, 2.24) is 5.32 Å². The van der Waals surface area contributed by atoms with E-state index in [2.05, 4.69) is 10.6 Å². The third kappa shape index (κ3) is 5.15. The highest BCUT2D eigenvalue weighted by Gasteiger charge is 2.34. The molecule has 1 aliphatic rings. The van der Waals surface area contributed by atoms with Gasteiger partial charge in [0.1, 0.15) is 17.1 Å². The van der Waals surface area contributed by atoms with Crippen molar-refractivity contribution in [2.45, 2.75) is 38.8 Å². The molecular weight excluding hydrogens is 424 g/mol. The smallest absolute Gasteiger partial charge is 0.339 e. The summed E-state index contributed by atoms with van der Waals surface area (Å²) in [5, 5.41) is 7.22. The molecule has 2 aromatic rings. The van der Waals surface area contributed by atoms with Crippen molar-refractivity contribution in [3.63, 3.8) is 0 Å². The van der Waals surface area contributed by atoms with E-state index >= 15 is 0 Å². The van der Waals surface area contributed by atoms with E-state index in [9.17, 15) is 4.79 Å². The Morgan fingerprint density at radius 3 is 2.73 bits per heavy atom. The lowest BCUT2D eigenvalue weighted by molar-refractivity contribution is 0.0526. The summed E-state index contributed by atoms with van der Waals surface area (Å²) in [6.45, 7) is 6.12. The fourth-order valence-electron chi connectivity index (χ4n) is 3.38. The molecule has 0 aliphatic carbocycles. The summed E-state index contributed by atoms with van der Waals surface area (Å²) in [5.41, 5.74) is 1.62. The Hall–Kier alpha value is -2.51. The number of esters is 1. The van der Waals surface area contributed by atoms with Crippen molar-refractivity contribution < 1.29 is 19.0 Å². The summed E-state index contributed by atoms with van der Waals surface area (Å²) < 4.78 is 16.5. The molecule has 1 aliphatic heterocycles. The van der Waals surface area contributed by atoms with E-state index in [0.717, 1.165) is 23.5 Å². The molecule has 0 fully saturated rings. The zero-order valence-electron chi connectivity index (χ0n) is 17.4. The van der Waals surface area contributed by atoms with Crippen molar-refractivity contribution in [2.24, 2.45) is 0 Å². The van der Waals surface area contributed by atoms with Crippen LogP contribution in [0, 0.1) is 0 Å². The molecule has 2 aromatic carbocycles. The second-order valence-electron chi connectivity index (χ2n) is 7.54. The zero-order valence-corrected chi connectivity index (χ0v) is 18.9. The number of rotatable bonds is 5. The molecule has 6 nitrogen and oxygen atoms in total. The molecule has 2 N–H and O–H groups in total. The number of carbonyl (C=O) groups excluding carboxylic acids is 1. The molecule has 0 saturated carbocycles. The highest BCUT2D eigenvalue weighted by molar-refractivity contribution is 7.80. The second kappa shape index (κ2) is 9.10. The number of ether oxygens (including phenoxy) is 3. The molecule has 8 heteroatoms. The van der Waals surface area contributed by atoms with E-state index in [1.54, 1.807) is 32.2 Å². The first-order valence-corrected chi connectivity index (χ1v) is 10.4. The van der Waals surface area contributed by atoms with Gasteiger partial charge in [-0.25, -0.2) is 4.79 Å². The van der Waals surface area contributed by atoms with E-state index in [1.807, 2.05) is 32.0 Å². The lowest BCUT2D eigenvalue weighted by Gasteiger charge is -2.38. The van der Waals surface area contributed by atoms with Gasteiger partial charge in [-0.15, -0.1) is 0 Å². The van der Waals surface area contributed by atoms with Gasteiger partial charge in [0.25, 0.3) is 0 Å². The summed E-state index contributed by atoms with van der Waals surface area (Å²) in [6, 6.07) is 10.7. The third-order valence-electron chi connectivity index (χ3n) is 4.70. The molecule has 0 aromatic heterocycles. The molecule has 0 radical (unpaired) electrons. The van der Waals surface area contributed by atoms with Gasteiger partial charge >= 0.3 is 5.97 Å². The number of halogens is 1. The van der Waals surface area contributed by atoms with Crippen LogP contribution in [0.3, 0.4) is 0 Å². The molecule has 1 unspecified atom stereocenters. The average molecular weight is 449 g/mol.